The van der Waals surface area contributed by atoms with Crippen molar-refractivity contribution in [3.63, 3.8) is 0 Å². The molecule has 4 heteroatoms. The standard InChI is InChI=1S/C58H38O4/c1-31-22-43(56-48(25-31)40-12-5-7-14-51(40)60-56)35-10-9-11-36(28-35)44-23-33(3)27-50-47-29-37(16-20-54(47)62-58(44)50)39-18-19-42-46-30-38(17-21-53(46)59-55(42)34(39)4)45-24-32(2)26-49-41-13-6-8-15-52(41)61-57(45)49/h5-30H,1-4H3. The lowest BCUT2D eigenvalue weighted by Crippen LogP contribution is -1.86. The molecule has 13 rings (SSSR count). The van der Waals surface area contributed by atoms with Crippen molar-refractivity contribution in [3.05, 3.63) is 180 Å². The second-order valence-electron chi connectivity index (χ2n) is 17.1. The van der Waals surface area contributed by atoms with Crippen molar-refractivity contribution in [1.29, 1.82) is 0 Å². The zero-order chi connectivity index (χ0) is 41.4. The zero-order valence-electron chi connectivity index (χ0n) is 34.6. The molecule has 0 spiro atoms. The summed E-state index contributed by atoms with van der Waals surface area (Å²) in [5.74, 6) is 0. The van der Waals surface area contributed by atoms with Gasteiger partial charge in [0.05, 0.1) is 0 Å². The highest BCUT2D eigenvalue weighted by molar-refractivity contribution is 6.15. The number of hydrogen-bond acceptors (Lipinski definition) is 4. The van der Waals surface area contributed by atoms with E-state index in [1.54, 1.807) is 0 Å². The Hall–Kier alpha value is -7.82. The number of fused-ring (bicyclic) bond motifs is 12. The molecule has 0 atom stereocenters. The third-order valence-corrected chi connectivity index (χ3v) is 13.0. The van der Waals surface area contributed by atoms with Gasteiger partial charge in [0.2, 0.25) is 0 Å². The fourth-order valence-corrected chi connectivity index (χ4v) is 10.1. The Morgan fingerprint density at radius 2 is 0.677 bits per heavy atom. The van der Waals surface area contributed by atoms with Crippen LogP contribution in [0.3, 0.4) is 0 Å². The molecule has 0 saturated heterocycles. The Labute approximate surface area is 356 Å². The van der Waals surface area contributed by atoms with Gasteiger partial charge in [-0.15, -0.1) is 0 Å². The molecule has 62 heavy (non-hydrogen) atoms. The van der Waals surface area contributed by atoms with Gasteiger partial charge in [-0.2, -0.15) is 0 Å². The van der Waals surface area contributed by atoms with Crippen LogP contribution in [0.5, 0.6) is 0 Å². The highest BCUT2D eigenvalue weighted by Gasteiger charge is 2.20. The van der Waals surface area contributed by atoms with Crippen molar-refractivity contribution < 1.29 is 17.7 Å². The molecule has 4 nitrogen and oxygen atoms in total. The van der Waals surface area contributed by atoms with E-state index in [0.717, 1.165) is 138 Å². The molecule has 9 aromatic carbocycles. The molecular formula is C58H38O4. The summed E-state index contributed by atoms with van der Waals surface area (Å²) in [6.07, 6.45) is 0. The third kappa shape index (κ3) is 5.13. The van der Waals surface area contributed by atoms with Crippen LogP contribution < -0.4 is 0 Å². The normalized spacial score (nSPS) is 12.2. The van der Waals surface area contributed by atoms with Gasteiger partial charge < -0.3 is 17.7 Å². The van der Waals surface area contributed by atoms with Gasteiger partial charge >= 0.3 is 0 Å². The highest BCUT2D eigenvalue weighted by atomic mass is 16.3. The summed E-state index contributed by atoms with van der Waals surface area (Å²) in [5.41, 5.74) is 20.6. The number of para-hydroxylation sites is 2. The van der Waals surface area contributed by atoms with Crippen LogP contribution in [0, 0.1) is 27.7 Å². The summed E-state index contributed by atoms with van der Waals surface area (Å²) in [6.45, 7) is 8.63. The molecule has 0 N–H and O–H groups in total. The second-order valence-corrected chi connectivity index (χ2v) is 17.1. The van der Waals surface area contributed by atoms with E-state index in [2.05, 4.69) is 161 Å². The first-order valence-corrected chi connectivity index (χ1v) is 21.2. The molecule has 0 fully saturated rings. The van der Waals surface area contributed by atoms with Gasteiger partial charge in [-0.1, -0.05) is 72.8 Å². The second kappa shape index (κ2) is 12.8. The van der Waals surface area contributed by atoms with E-state index in [-0.39, 0.29) is 0 Å². The van der Waals surface area contributed by atoms with E-state index in [1.807, 2.05) is 24.3 Å². The summed E-state index contributed by atoms with van der Waals surface area (Å²) >= 11 is 0. The lowest BCUT2D eigenvalue weighted by Gasteiger charge is -2.09. The first-order valence-electron chi connectivity index (χ1n) is 21.2. The Morgan fingerprint density at radius 3 is 1.21 bits per heavy atom. The van der Waals surface area contributed by atoms with Crippen LogP contribution in [0.4, 0.5) is 0 Å². The minimum absolute atomic E-state index is 0.860. The summed E-state index contributed by atoms with van der Waals surface area (Å²) < 4.78 is 26.4. The van der Waals surface area contributed by atoms with E-state index in [0.29, 0.717) is 0 Å². The van der Waals surface area contributed by atoms with Gasteiger partial charge in [0, 0.05) is 65.3 Å². The molecule has 294 valence electrons. The van der Waals surface area contributed by atoms with Gasteiger partial charge in [0.1, 0.15) is 44.7 Å². The summed E-state index contributed by atoms with van der Waals surface area (Å²) in [5, 5.41) is 8.92. The molecular weight excluding hydrogens is 761 g/mol. The minimum atomic E-state index is 0.860. The maximum Gasteiger partial charge on any atom is 0.143 e. The van der Waals surface area contributed by atoms with Crippen molar-refractivity contribution in [2.75, 3.05) is 0 Å². The van der Waals surface area contributed by atoms with Crippen molar-refractivity contribution in [3.8, 4) is 44.5 Å². The number of aryl methyl sites for hydroxylation is 4. The van der Waals surface area contributed by atoms with E-state index in [4.69, 9.17) is 17.7 Å². The topological polar surface area (TPSA) is 52.6 Å². The first-order chi connectivity index (χ1) is 30.3. The summed E-state index contributed by atoms with van der Waals surface area (Å²) in [6, 6.07) is 56.2. The van der Waals surface area contributed by atoms with Crippen LogP contribution in [0.25, 0.3) is 132 Å². The molecule has 0 aliphatic rings. The molecule has 0 saturated carbocycles. The van der Waals surface area contributed by atoms with Crippen molar-refractivity contribution in [2.24, 2.45) is 0 Å². The van der Waals surface area contributed by atoms with E-state index < -0.39 is 0 Å². The van der Waals surface area contributed by atoms with Gasteiger partial charge in [0.25, 0.3) is 0 Å². The highest BCUT2D eigenvalue weighted by Crippen LogP contribution is 2.44. The van der Waals surface area contributed by atoms with E-state index in [1.165, 1.54) is 16.7 Å². The van der Waals surface area contributed by atoms with E-state index in [9.17, 15) is 0 Å². The number of furan rings is 4. The first kappa shape index (κ1) is 35.0. The monoisotopic (exact) mass is 798 g/mol. The fraction of sp³-hybridized carbons (Fsp3) is 0.0690. The van der Waals surface area contributed by atoms with Gasteiger partial charge in [-0.05, 0) is 157 Å². The van der Waals surface area contributed by atoms with Crippen molar-refractivity contribution in [2.45, 2.75) is 27.7 Å². The molecule has 0 amide bonds. The molecule has 0 unspecified atom stereocenters. The maximum atomic E-state index is 6.75. The number of rotatable bonds is 4. The van der Waals surface area contributed by atoms with Crippen LogP contribution in [0.1, 0.15) is 22.3 Å². The Morgan fingerprint density at radius 1 is 0.258 bits per heavy atom. The van der Waals surface area contributed by atoms with Crippen LogP contribution >= 0.6 is 0 Å². The quantitative estimate of drug-likeness (QED) is 0.178. The van der Waals surface area contributed by atoms with Gasteiger partial charge in [-0.25, -0.2) is 0 Å². The fourth-order valence-electron chi connectivity index (χ4n) is 10.1. The van der Waals surface area contributed by atoms with Gasteiger partial charge in [-0.3, -0.25) is 0 Å². The van der Waals surface area contributed by atoms with E-state index >= 15 is 0 Å². The minimum Gasteiger partial charge on any atom is -0.456 e. The average Bonchev–Trinajstić information content (AvgIpc) is 4.06. The molecule has 4 heterocycles. The Kier molecular flexibility index (Phi) is 7.25. The maximum absolute atomic E-state index is 6.75. The van der Waals surface area contributed by atoms with Crippen LogP contribution in [0.15, 0.2) is 175 Å². The SMILES string of the molecule is Cc1cc(-c2cccc(-c3cc(C)cc4c3oc3ccc(-c5ccc6c(oc7ccc(-c8cc(C)cc9c8oc8ccccc89)cc76)c5C)cc34)c2)c2oc3ccccc3c2c1. The zero-order valence-corrected chi connectivity index (χ0v) is 34.6. The van der Waals surface area contributed by atoms with Crippen molar-refractivity contribution >= 4 is 87.8 Å². The molecule has 0 aliphatic carbocycles. The smallest absolute Gasteiger partial charge is 0.143 e. The summed E-state index contributed by atoms with van der Waals surface area (Å²) in [4.78, 5) is 0. The summed E-state index contributed by atoms with van der Waals surface area (Å²) in [7, 11) is 0. The average molecular weight is 799 g/mol. The molecule has 4 aromatic heterocycles. The van der Waals surface area contributed by atoms with Crippen LogP contribution in [-0.2, 0) is 0 Å². The predicted molar refractivity (Wildman–Crippen MR) is 256 cm³/mol. The number of benzene rings is 9. The predicted octanol–water partition coefficient (Wildman–Crippen LogP) is 17.2. The van der Waals surface area contributed by atoms with Crippen LogP contribution in [-0.4, -0.2) is 0 Å². The van der Waals surface area contributed by atoms with Gasteiger partial charge in [0.15, 0.2) is 0 Å². The molecule has 13 aromatic rings. The van der Waals surface area contributed by atoms with Crippen LogP contribution in [0.2, 0.25) is 0 Å². The third-order valence-electron chi connectivity index (χ3n) is 13.0. The lowest BCUT2D eigenvalue weighted by atomic mass is 9.94. The Balaban J connectivity index is 0.907. The largest absolute Gasteiger partial charge is 0.456 e. The molecule has 0 bridgehead atoms. The molecule has 0 radical (unpaired) electrons. The number of hydrogen-bond donors (Lipinski definition) is 0. The Bertz CT molecular complexity index is 4030. The van der Waals surface area contributed by atoms with Crippen molar-refractivity contribution in [1.82, 2.24) is 0 Å². The lowest BCUT2D eigenvalue weighted by molar-refractivity contribution is 0.665. The molecule has 0 aliphatic heterocycles.